The number of allylic oxidation sites excluding steroid dienone is 1. The van der Waals surface area contributed by atoms with Crippen molar-refractivity contribution in [3.63, 3.8) is 0 Å². The van der Waals surface area contributed by atoms with Gasteiger partial charge in [0, 0.05) is 0 Å². The molecule has 0 aromatic heterocycles. The van der Waals surface area contributed by atoms with E-state index in [0.29, 0.717) is 0 Å². The minimum Gasteiger partial charge on any atom is -0.480 e. The smallest absolute Gasteiger partial charge is 0.322 e. The van der Waals surface area contributed by atoms with Crippen molar-refractivity contribution in [3.05, 3.63) is 11.6 Å². The van der Waals surface area contributed by atoms with Gasteiger partial charge in [-0.15, -0.1) is 6.42 Å². The molecule has 0 aliphatic carbocycles. The van der Waals surface area contributed by atoms with E-state index >= 15 is 0 Å². The molecule has 0 rings (SSSR count). The van der Waals surface area contributed by atoms with Gasteiger partial charge in [0.05, 0.1) is 0 Å². The highest BCUT2D eigenvalue weighted by Crippen LogP contribution is 2.09. The van der Waals surface area contributed by atoms with E-state index in [1.165, 1.54) is 0 Å². The number of terminal acetylenes is 1. The molecule has 1 unspecified atom stereocenters. The van der Waals surface area contributed by atoms with E-state index < -0.39 is 11.9 Å². The van der Waals surface area contributed by atoms with Crippen molar-refractivity contribution >= 4 is 5.97 Å². The molecule has 0 heterocycles. The number of aliphatic carboxylic acids is 1. The quantitative estimate of drug-likeness (QED) is 0.493. The Balaban J connectivity index is 4.42. The number of hydrogen-bond acceptors (Lipinski definition) is 1. The Morgan fingerprint density at radius 1 is 1.82 bits per heavy atom. The second-order valence-electron chi connectivity index (χ2n) is 2.29. The SMILES string of the molecule is C#CC(C(=O)O)/C(C)=C\CC. The number of carboxylic acid groups (broad SMARTS) is 1. The maximum absolute atomic E-state index is 10.5. The van der Waals surface area contributed by atoms with Crippen LogP contribution in [0.15, 0.2) is 11.6 Å². The molecule has 0 radical (unpaired) electrons. The summed E-state index contributed by atoms with van der Waals surface area (Å²) in [7, 11) is 0. The van der Waals surface area contributed by atoms with Crippen LogP contribution in [0.25, 0.3) is 0 Å². The number of carboxylic acids is 1. The highest BCUT2D eigenvalue weighted by molar-refractivity contribution is 5.76. The van der Waals surface area contributed by atoms with Crippen LogP contribution < -0.4 is 0 Å². The molecule has 1 N–H and O–H groups in total. The molecule has 0 spiro atoms. The minimum atomic E-state index is -0.949. The second kappa shape index (κ2) is 4.56. The molecule has 0 saturated carbocycles. The number of carbonyl (C=O) groups is 1. The summed E-state index contributed by atoms with van der Waals surface area (Å²) < 4.78 is 0. The summed E-state index contributed by atoms with van der Waals surface area (Å²) >= 11 is 0. The van der Waals surface area contributed by atoms with Crippen LogP contribution >= 0.6 is 0 Å². The average Bonchev–Trinajstić information content (AvgIpc) is 1.88. The van der Waals surface area contributed by atoms with Gasteiger partial charge >= 0.3 is 5.97 Å². The molecule has 0 aromatic rings. The third kappa shape index (κ3) is 2.90. The van der Waals surface area contributed by atoms with Crippen LogP contribution in [0.2, 0.25) is 0 Å². The monoisotopic (exact) mass is 152 g/mol. The second-order valence-corrected chi connectivity index (χ2v) is 2.29. The van der Waals surface area contributed by atoms with Gasteiger partial charge < -0.3 is 5.11 Å². The molecule has 60 valence electrons. The first-order valence-electron chi connectivity index (χ1n) is 3.49. The molecule has 0 saturated heterocycles. The summed E-state index contributed by atoms with van der Waals surface area (Å²) in [6.07, 6.45) is 7.68. The fraction of sp³-hybridized carbons (Fsp3) is 0.444. The Morgan fingerprint density at radius 2 is 2.36 bits per heavy atom. The fourth-order valence-corrected chi connectivity index (χ4v) is 0.837. The molecular formula is C9H12O2. The van der Waals surface area contributed by atoms with Gasteiger partial charge in [0.2, 0.25) is 0 Å². The molecule has 0 amide bonds. The van der Waals surface area contributed by atoms with Gasteiger partial charge in [-0.05, 0) is 13.3 Å². The molecule has 2 heteroatoms. The highest BCUT2D eigenvalue weighted by atomic mass is 16.4. The van der Waals surface area contributed by atoms with E-state index in [4.69, 9.17) is 11.5 Å². The average molecular weight is 152 g/mol. The maximum Gasteiger partial charge on any atom is 0.322 e. The first-order valence-corrected chi connectivity index (χ1v) is 3.49. The predicted octanol–water partition coefficient (Wildman–Crippen LogP) is 1.68. The van der Waals surface area contributed by atoms with Crippen molar-refractivity contribution in [1.29, 1.82) is 0 Å². The topological polar surface area (TPSA) is 37.3 Å². The lowest BCUT2D eigenvalue weighted by Crippen LogP contribution is -2.12. The number of rotatable bonds is 3. The lowest BCUT2D eigenvalue weighted by molar-refractivity contribution is -0.138. The van der Waals surface area contributed by atoms with Gasteiger partial charge in [-0.1, -0.05) is 24.5 Å². The van der Waals surface area contributed by atoms with Gasteiger partial charge in [0.25, 0.3) is 0 Å². The van der Waals surface area contributed by atoms with E-state index in [2.05, 4.69) is 5.92 Å². The fourth-order valence-electron chi connectivity index (χ4n) is 0.837. The van der Waals surface area contributed by atoms with E-state index in [-0.39, 0.29) is 0 Å². The maximum atomic E-state index is 10.5. The van der Waals surface area contributed by atoms with Crippen molar-refractivity contribution < 1.29 is 9.90 Å². The van der Waals surface area contributed by atoms with E-state index in [9.17, 15) is 4.79 Å². The van der Waals surface area contributed by atoms with Crippen molar-refractivity contribution in [2.45, 2.75) is 20.3 Å². The lowest BCUT2D eigenvalue weighted by Gasteiger charge is -2.03. The van der Waals surface area contributed by atoms with Crippen LogP contribution in [0, 0.1) is 18.3 Å². The largest absolute Gasteiger partial charge is 0.480 e. The summed E-state index contributed by atoms with van der Waals surface area (Å²) in [5, 5.41) is 8.59. The van der Waals surface area contributed by atoms with Crippen LogP contribution in [0.1, 0.15) is 20.3 Å². The van der Waals surface area contributed by atoms with Crippen LogP contribution in [-0.4, -0.2) is 11.1 Å². The summed E-state index contributed by atoms with van der Waals surface area (Å²) in [6.45, 7) is 3.68. The first-order chi connectivity index (χ1) is 5.13. The molecule has 0 aliphatic rings. The molecule has 1 atom stereocenters. The zero-order valence-corrected chi connectivity index (χ0v) is 6.79. The Hall–Kier alpha value is -1.23. The molecule has 0 aromatic carbocycles. The van der Waals surface area contributed by atoms with Gasteiger partial charge in [-0.2, -0.15) is 0 Å². The van der Waals surface area contributed by atoms with Crippen LogP contribution in [0.4, 0.5) is 0 Å². The third-order valence-corrected chi connectivity index (χ3v) is 1.40. The highest BCUT2D eigenvalue weighted by Gasteiger charge is 2.14. The molecule has 0 fully saturated rings. The predicted molar refractivity (Wildman–Crippen MR) is 44.0 cm³/mol. The van der Waals surface area contributed by atoms with E-state index in [1.807, 2.05) is 13.0 Å². The zero-order valence-electron chi connectivity index (χ0n) is 6.79. The van der Waals surface area contributed by atoms with Crippen molar-refractivity contribution in [2.24, 2.45) is 5.92 Å². The molecular weight excluding hydrogens is 140 g/mol. The Bertz CT molecular complexity index is 208. The summed E-state index contributed by atoms with van der Waals surface area (Å²) in [5.74, 6) is 0.514. The molecule has 11 heavy (non-hydrogen) atoms. The molecule has 0 bridgehead atoms. The van der Waals surface area contributed by atoms with Gasteiger partial charge in [0.1, 0.15) is 5.92 Å². The number of hydrogen-bond donors (Lipinski definition) is 1. The van der Waals surface area contributed by atoms with Crippen LogP contribution in [0.5, 0.6) is 0 Å². The van der Waals surface area contributed by atoms with Crippen molar-refractivity contribution in [3.8, 4) is 12.3 Å². The Morgan fingerprint density at radius 3 is 2.64 bits per heavy atom. The summed E-state index contributed by atoms with van der Waals surface area (Å²) in [6, 6.07) is 0. The van der Waals surface area contributed by atoms with Crippen molar-refractivity contribution in [2.75, 3.05) is 0 Å². The van der Waals surface area contributed by atoms with Crippen LogP contribution in [0.3, 0.4) is 0 Å². The third-order valence-electron chi connectivity index (χ3n) is 1.40. The first kappa shape index (κ1) is 9.77. The summed E-state index contributed by atoms with van der Waals surface area (Å²) in [5.41, 5.74) is 0.738. The Kier molecular flexibility index (Phi) is 4.05. The standard InChI is InChI=1S/C9H12O2/c1-4-6-7(3)8(5-2)9(10)11/h2,6,8H,4H2,1,3H3,(H,10,11)/b7-6-. The van der Waals surface area contributed by atoms with E-state index in [1.54, 1.807) is 6.92 Å². The molecule has 0 aliphatic heterocycles. The van der Waals surface area contributed by atoms with Crippen molar-refractivity contribution in [1.82, 2.24) is 0 Å². The van der Waals surface area contributed by atoms with Crippen LogP contribution in [-0.2, 0) is 4.79 Å². The van der Waals surface area contributed by atoms with E-state index in [0.717, 1.165) is 12.0 Å². The summed E-state index contributed by atoms with van der Waals surface area (Å²) in [4.78, 5) is 10.5. The molecule has 2 nitrogen and oxygen atoms in total. The zero-order chi connectivity index (χ0) is 8.85. The lowest BCUT2D eigenvalue weighted by atomic mass is 10.0. The van der Waals surface area contributed by atoms with Gasteiger partial charge in [-0.25, -0.2) is 0 Å². The minimum absolute atomic E-state index is 0.738. The normalized spacial score (nSPS) is 13.7. The van der Waals surface area contributed by atoms with Gasteiger partial charge in [-0.3, -0.25) is 4.79 Å². The Labute approximate surface area is 66.9 Å². The van der Waals surface area contributed by atoms with Gasteiger partial charge in [0.15, 0.2) is 0 Å².